The Morgan fingerprint density at radius 2 is 2.00 bits per heavy atom. The Bertz CT molecular complexity index is 579. The van der Waals surface area contributed by atoms with E-state index in [1.165, 1.54) is 0 Å². The molecule has 2 aromatic rings. The van der Waals surface area contributed by atoms with Crippen LogP contribution in [0.1, 0.15) is 0 Å². The lowest BCUT2D eigenvalue weighted by molar-refractivity contribution is -0.118. The molecule has 1 aromatic heterocycles. The Balaban J connectivity index is 2.78. The van der Waals surface area contributed by atoms with Crippen LogP contribution in [-0.4, -0.2) is 15.0 Å². The van der Waals surface area contributed by atoms with E-state index in [0.717, 1.165) is 11.0 Å². The molecule has 5 heteroatoms. The van der Waals surface area contributed by atoms with E-state index >= 15 is 0 Å². The number of nitrogens with two attached hydrogens (primary N) is 1. The molecular weight excluding hydrogens is 192 g/mol. The number of para-hydroxylation sites is 2. The molecule has 0 unspecified atom stereocenters. The third-order valence-corrected chi connectivity index (χ3v) is 2.42. The molecule has 15 heavy (non-hydrogen) atoms. The molecule has 0 radical (unpaired) electrons. The first-order valence-electron chi connectivity index (χ1n) is 4.58. The zero-order valence-electron chi connectivity index (χ0n) is 8.40. The maximum Gasteiger partial charge on any atom is 0.237 e. The number of carbonyl (C=O) groups is 1. The van der Waals surface area contributed by atoms with Crippen LogP contribution in [0.3, 0.4) is 0 Å². The van der Waals surface area contributed by atoms with Gasteiger partial charge in [0.2, 0.25) is 11.5 Å². The summed E-state index contributed by atoms with van der Waals surface area (Å²) in [6.45, 7) is 0.0419. The highest BCUT2D eigenvalue weighted by Gasteiger charge is 2.08. The fraction of sp³-hybridized carbons (Fsp3) is 0.200. The summed E-state index contributed by atoms with van der Waals surface area (Å²) in [5.74, 6) is -0.440. The first-order chi connectivity index (χ1) is 7.11. The molecule has 0 saturated heterocycles. The number of aromatic nitrogens is 2. The van der Waals surface area contributed by atoms with Gasteiger partial charge in [-0.15, -0.1) is 0 Å². The molecule has 1 aromatic carbocycles. The van der Waals surface area contributed by atoms with Gasteiger partial charge < -0.3 is 14.9 Å². The lowest BCUT2D eigenvalue weighted by atomic mass is 10.3. The van der Waals surface area contributed by atoms with E-state index in [9.17, 15) is 4.79 Å². The summed E-state index contributed by atoms with van der Waals surface area (Å²) in [5, 5.41) is 7.84. The van der Waals surface area contributed by atoms with Crippen LogP contribution < -0.4 is 11.4 Å². The number of aryl methyl sites for hydroxylation is 1. The van der Waals surface area contributed by atoms with Crippen molar-refractivity contribution in [3.8, 4) is 0 Å². The Labute approximate surface area is 86.2 Å². The van der Waals surface area contributed by atoms with E-state index in [2.05, 4.69) is 0 Å². The number of hydrogen-bond donors (Lipinski definition) is 2. The topological polar surface area (TPSA) is 76.8 Å². The van der Waals surface area contributed by atoms with Crippen LogP contribution >= 0.6 is 0 Å². The predicted octanol–water partition coefficient (Wildman–Crippen LogP) is -0.0554. The molecule has 3 N–H and O–H groups in total. The largest absolute Gasteiger partial charge is 0.368 e. The highest BCUT2D eigenvalue weighted by Crippen LogP contribution is 2.10. The highest BCUT2D eigenvalue weighted by atomic mass is 16.1. The maximum atomic E-state index is 10.9. The highest BCUT2D eigenvalue weighted by molar-refractivity contribution is 5.79. The van der Waals surface area contributed by atoms with Gasteiger partial charge >= 0.3 is 0 Å². The summed E-state index contributed by atoms with van der Waals surface area (Å²) in [6.07, 6.45) is 0. The molecule has 0 saturated carbocycles. The first kappa shape index (κ1) is 9.51. The summed E-state index contributed by atoms with van der Waals surface area (Å²) in [7, 11) is 1.79. The van der Waals surface area contributed by atoms with Crippen LogP contribution in [0.5, 0.6) is 0 Å². The zero-order chi connectivity index (χ0) is 11.0. The number of nitrogens with one attached hydrogen (secondary N) is 1. The number of rotatable bonds is 2. The third kappa shape index (κ3) is 1.41. The lowest BCUT2D eigenvalue weighted by Crippen LogP contribution is -2.28. The van der Waals surface area contributed by atoms with Crippen molar-refractivity contribution in [3.63, 3.8) is 0 Å². The van der Waals surface area contributed by atoms with Gasteiger partial charge in [0.15, 0.2) is 0 Å². The van der Waals surface area contributed by atoms with Gasteiger partial charge in [-0.25, -0.2) is 0 Å². The predicted molar refractivity (Wildman–Crippen MR) is 56.0 cm³/mol. The molecule has 0 spiro atoms. The summed E-state index contributed by atoms with van der Waals surface area (Å²) >= 11 is 0. The molecule has 5 nitrogen and oxygen atoms in total. The van der Waals surface area contributed by atoms with E-state index in [1.54, 1.807) is 16.2 Å². The Hall–Kier alpha value is -2.04. The molecule has 78 valence electrons. The van der Waals surface area contributed by atoms with Gasteiger partial charge in [-0.1, -0.05) is 12.1 Å². The molecule has 0 atom stereocenters. The fourth-order valence-electron chi connectivity index (χ4n) is 1.70. The molecule has 1 amide bonds. The van der Waals surface area contributed by atoms with Gasteiger partial charge in [-0.05, 0) is 12.1 Å². The number of hydrogen-bond acceptors (Lipinski definition) is 2. The monoisotopic (exact) mass is 204 g/mol. The van der Waals surface area contributed by atoms with Crippen molar-refractivity contribution in [3.05, 3.63) is 29.9 Å². The standard InChI is InChI=1S/C10H12N4O/c1-13-7-4-2-3-5-8(7)14(10(13)12)6-9(11)15/h2-5,12H,6H2,1H3,(H2,11,15). The summed E-state index contributed by atoms with van der Waals surface area (Å²) < 4.78 is 3.32. The number of amides is 1. The number of fused-ring (bicyclic) bond motifs is 1. The van der Waals surface area contributed by atoms with Crippen LogP contribution in [-0.2, 0) is 18.4 Å². The minimum atomic E-state index is -0.440. The maximum absolute atomic E-state index is 10.9. The van der Waals surface area contributed by atoms with Crippen molar-refractivity contribution in [1.82, 2.24) is 9.13 Å². The first-order valence-corrected chi connectivity index (χ1v) is 4.58. The summed E-state index contributed by atoms with van der Waals surface area (Å²) in [4.78, 5) is 10.9. The SMILES string of the molecule is Cn1c(=N)n(CC(N)=O)c2ccccc21. The van der Waals surface area contributed by atoms with Gasteiger partial charge in [0.1, 0.15) is 6.54 Å². The van der Waals surface area contributed by atoms with E-state index in [-0.39, 0.29) is 12.2 Å². The van der Waals surface area contributed by atoms with Crippen LogP contribution in [0.2, 0.25) is 0 Å². The zero-order valence-corrected chi connectivity index (χ0v) is 8.40. The Kier molecular flexibility index (Phi) is 2.07. The van der Waals surface area contributed by atoms with Crippen molar-refractivity contribution in [1.29, 1.82) is 5.41 Å². The lowest BCUT2D eigenvalue weighted by Gasteiger charge is -1.99. The van der Waals surface area contributed by atoms with Crippen LogP contribution in [0.4, 0.5) is 0 Å². The van der Waals surface area contributed by atoms with Gasteiger partial charge in [-0.2, -0.15) is 0 Å². The van der Waals surface area contributed by atoms with Crippen molar-refractivity contribution < 1.29 is 4.79 Å². The van der Waals surface area contributed by atoms with E-state index < -0.39 is 5.91 Å². The Morgan fingerprint density at radius 1 is 1.40 bits per heavy atom. The molecule has 1 heterocycles. The molecule has 0 bridgehead atoms. The minimum absolute atomic E-state index is 0.0419. The molecular formula is C10H12N4O. The van der Waals surface area contributed by atoms with E-state index in [4.69, 9.17) is 11.1 Å². The average Bonchev–Trinajstić information content (AvgIpc) is 2.44. The Morgan fingerprint density at radius 3 is 2.60 bits per heavy atom. The third-order valence-electron chi connectivity index (χ3n) is 2.42. The van der Waals surface area contributed by atoms with Crippen molar-refractivity contribution in [2.45, 2.75) is 6.54 Å². The number of imidazole rings is 1. The minimum Gasteiger partial charge on any atom is -0.368 e. The molecule has 0 aliphatic rings. The van der Waals surface area contributed by atoms with Crippen LogP contribution in [0.25, 0.3) is 11.0 Å². The van der Waals surface area contributed by atoms with Gasteiger partial charge in [0.05, 0.1) is 11.0 Å². The fourth-order valence-corrected chi connectivity index (χ4v) is 1.70. The normalized spacial score (nSPS) is 10.7. The van der Waals surface area contributed by atoms with Crippen LogP contribution in [0.15, 0.2) is 24.3 Å². The van der Waals surface area contributed by atoms with Crippen molar-refractivity contribution in [2.24, 2.45) is 12.8 Å². The number of carbonyl (C=O) groups excluding carboxylic acids is 1. The molecule has 2 rings (SSSR count). The van der Waals surface area contributed by atoms with Gasteiger partial charge in [0, 0.05) is 7.05 Å². The van der Waals surface area contributed by atoms with Crippen LogP contribution in [0, 0.1) is 5.41 Å². The second-order valence-electron chi connectivity index (χ2n) is 3.42. The van der Waals surface area contributed by atoms with E-state index in [1.807, 2.05) is 24.3 Å². The number of benzene rings is 1. The second-order valence-corrected chi connectivity index (χ2v) is 3.42. The van der Waals surface area contributed by atoms with Crippen molar-refractivity contribution in [2.75, 3.05) is 0 Å². The molecule has 0 aliphatic carbocycles. The number of primary amides is 1. The second kappa shape index (κ2) is 3.27. The quantitative estimate of drug-likeness (QED) is 0.706. The van der Waals surface area contributed by atoms with Gasteiger partial charge in [-0.3, -0.25) is 10.2 Å². The molecule has 0 aliphatic heterocycles. The average molecular weight is 204 g/mol. The number of nitrogens with zero attached hydrogens (tertiary/aromatic N) is 2. The van der Waals surface area contributed by atoms with Gasteiger partial charge in [0.25, 0.3) is 0 Å². The smallest absolute Gasteiger partial charge is 0.237 e. The van der Waals surface area contributed by atoms with Crippen molar-refractivity contribution >= 4 is 16.9 Å². The summed E-state index contributed by atoms with van der Waals surface area (Å²) in [6, 6.07) is 7.55. The summed E-state index contributed by atoms with van der Waals surface area (Å²) in [5.41, 5.74) is 7.19. The van der Waals surface area contributed by atoms with E-state index in [0.29, 0.717) is 0 Å². The molecule has 0 fully saturated rings.